The van der Waals surface area contributed by atoms with Crippen LogP contribution in [0.25, 0.3) is 0 Å². The lowest BCUT2D eigenvalue weighted by atomic mass is 10.0. The number of nitrogens with one attached hydrogen (secondary N) is 1. The van der Waals surface area contributed by atoms with Gasteiger partial charge in [0, 0.05) is 31.7 Å². The van der Waals surface area contributed by atoms with Gasteiger partial charge in [0.1, 0.15) is 11.9 Å². The van der Waals surface area contributed by atoms with Crippen LogP contribution in [0.3, 0.4) is 0 Å². The van der Waals surface area contributed by atoms with Crippen LogP contribution >= 0.6 is 0 Å². The topological polar surface area (TPSA) is 79.0 Å². The van der Waals surface area contributed by atoms with Gasteiger partial charge < -0.3 is 14.5 Å². The average molecular weight is 355 g/mol. The van der Waals surface area contributed by atoms with Gasteiger partial charge in [-0.2, -0.15) is 0 Å². The number of nitrogens with zero attached hydrogens (tertiary/aromatic N) is 2. The van der Waals surface area contributed by atoms with Crippen LogP contribution in [0.15, 0.2) is 18.2 Å². The zero-order valence-corrected chi connectivity index (χ0v) is 15.6. The van der Waals surface area contributed by atoms with Crippen LogP contribution in [-0.4, -0.2) is 70.7 Å². The Hall–Kier alpha value is -1.80. The van der Waals surface area contributed by atoms with Crippen LogP contribution in [0.5, 0.6) is 5.75 Å². The summed E-state index contributed by atoms with van der Waals surface area (Å²) >= 11 is 0. The van der Waals surface area contributed by atoms with Gasteiger partial charge in [0.2, 0.25) is 10.0 Å². The van der Waals surface area contributed by atoms with Crippen LogP contribution in [0.4, 0.5) is 5.69 Å². The van der Waals surface area contributed by atoms with Crippen molar-refractivity contribution in [3.05, 3.63) is 23.8 Å². The van der Waals surface area contributed by atoms with E-state index in [1.165, 1.54) is 6.07 Å². The summed E-state index contributed by atoms with van der Waals surface area (Å²) in [5, 5.41) is 0. The van der Waals surface area contributed by atoms with Crippen molar-refractivity contribution in [3.63, 3.8) is 0 Å². The second-order valence-electron chi connectivity index (χ2n) is 6.67. The molecule has 0 aliphatic carbocycles. The van der Waals surface area contributed by atoms with Crippen LogP contribution in [-0.2, 0) is 10.0 Å². The Labute approximate surface area is 143 Å². The summed E-state index contributed by atoms with van der Waals surface area (Å²) < 4.78 is 31.3. The quantitative estimate of drug-likeness (QED) is 0.875. The predicted molar refractivity (Wildman–Crippen MR) is 94.0 cm³/mol. The van der Waals surface area contributed by atoms with Crippen LogP contribution in [0.2, 0.25) is 0 Å². The molecule has 1 aromatic rings. The van der Waals surface area contributed by atoms with Crippen molar-refractivity contribution in [2.45, 2.75) is 13.0 Å². The second-order valence-corrected chi connectivity index (χ2v) is 8.42. The number of fused-ring (bicyclic) bond motifs is 1. The summed E-state index contributed by atoms with van der Waals surface area (Å²) in [4.78, 5) is 16.3. The lowest BCUT2D eigenvalue weighted by Crippen LogP contribution is -2.44. The number of hydrogen-bond acceptors (Lipinski definition) is 5. The minimum atomic E-state index is -3.41. The van der Waals surface area contributed by atoms with Crippen molar-refractivity contribution < 1.29 is 17.9 Å². The molecule has 1 amide bonds. The van der Waals surface area contributed by atoms with Gasteiger partial charge in [-0.1, -0.05) is 6.92 Å². The number of amides is 1. The van der Waals surface area contributed by atoms with E-state index >= 15 is 0 Å². The fourth-order valence-electron chi connectivity index (χ4n) is 2.77. The lowest BCUT2D eigenvalue weighted by molar-refractivity contribution is 0.0576. The maximum atomic E-state index is 12.6. The van der Waals surface area contributed by atoms with Crippen molar-refractivity contribution >= 4 is 21.6 Å². The van der Waals surface area contributed by atoms with Gasteiger partial charge in [0.25, 0.3) is 5.91 Å². The number of benzene rings is 1. The highest BCUT2D eigenvalue weighted by molar-refractivity contribution is 7.92. The predicted octanol–water partition coefficient (Wildman–Crippen LogP) is 1.09. The standard InChI is InChI=1S/C16H25N3O4S/c1-11-9-19(4)16(20)13-8-12(17-24(5,21)22)6-7-14(13)23-15(11)10-18(2)3/h6-8,11,15,17H,9-10H2,1-5H3/t11-,15-/m1/s1. The highest BCUT2D eigenvalue weighted by Gasteiger charge is 2.29. The molecule has 0 aromatic heterocycles. The highest BCUT2D eigenvalue weighted by atomic mass is 32.2. The zero-order chi connectivity index (χ0) is 18.1. The number of sulfonamides is 1. The summed E-state index contributed by atoms with van der Waals surface area (Å²) in [6.07, 6.45) is 1.01. The molecule has 0 fully saturated rings. The molecule has 0 saturated heterocycles. The molecule has 2 atom stereocenters. The lowest BCUT2D eigenvalue weighted by Gasteiger charge is -2.34. The van der Waals surface area contributed by atoms with E-state index < -0.39 is 10.0 Å². The van der Waals surface area contributed by atoms with Crippen molar-refractivity contribution in [3.8, 4) is 5.75 Å². The van der Waals surface area contributed by atoms with Gasteiger partial charge in [0.15, 0.2) is 0 Å². The average Bonchev–Trinajstić information content (AvgIpc) is 2.44. The van der Waals surface area contributed by atoms with Crippen LogP contribution < -0.4 is 9.46 Å². The third-order valence-electron chi connectivity index (χ3n) is 3.88. The van der Waals surface area contributed by atoms with Crippen molar-refractivity contribution in [1.82, 2.24) is 9.80 Å². The summed E-state index contributed by atoms with van der Waals surface area (Å²) in [6.45, 7) is 3.36. The molecular weight excluding hydrogens is 330 g/mol. The van der Waals surface area contributed by atoms with Gasteiger partial charge in [-0.05, 0) is 32.3 Å². The first kappa shape index (κ1) is 18.5. The summed E-state index contributed by atoms with van der Waals surface area (Å²) in [5.74, 6) is 0.463. The minimum Gasteiger partial charge on any atom is -0.488 e. The van der Waals surface area contributed by atoms with Crippen LogP contribution in [0, 0.1) is 5.92 Å². The molecule has 2 rings (SSSR count). The summed E-state index contributed by atoms with van der Waals surface area (Å²) in [5.41, 5.74) is 0.709. The van der Waals surface area contributed by atoms with E-state index in [-0.39, 0.29) is 17.9 Å². The minimum absolute atomic E-state index is 0.0667. The Balaban J connectivity index is 2.42. The van der Waals surface area contributed by atoms with E-state index in [1.807, 2.05) is 19.0 Å². The first-order valence-corrected chi connectivity index (χ1v) is 9.64. The molecule has 24 heavy (non-hydrogen) atoms. The van der Waals surface area contributed by atoms with Gasteiger partial charge in [-0.15, -0.1) is 0 Å². The molecule has 0 bridgehead atoms. The first-order chi connectivity index (χ1) is 11.1. The van der Waals surface area contributed by atoms with Crippen molar-refractivity contribution in [1.29, 1.82) is 0 Å². The third kappa shape index (κ3) is 4.61. The highest BCUT2D eigenvalue weighted by Crippen LogP contribution is 2.29. The Kier molecular flexibility index (Phi) is 5.39. The normalized spacial score (nSPS) is 21.8. The number of anilines is 1. The Morgan fingerprint density at radius 3 is 2.62 bits per heavy atom. The number of carbonyl (C=O) groups is 1. The van der Waals surface area contributed by atoms with Gasteiger partial charge >= 0.3 is 0 Å². The molecule has 7 nitrogen and oxygen atoms in total. The smallest absolute Gasteiger partial charge is 0.257 e. The fraction of sp³-hybridized carbons (Fsp3) is 0.562. The van der Waals surface area contributed by atoms with E-state index in [2.05, 4.69) is 11.6 Å². The van der Waals surface area contributed by atoms with Crippen LogP contribution in [0.1, 0.15) is 17.3 Å². The number of carbonyl (C=O) groups excluding carboxylic acids is 1. The number of rotatable bonds is 4. The first-order valence-electron chi connectivity index (χ1n) is 7.75. The number of ether oxygens (including phenoxy) is 1. The van der Waals surface area contributed by atoms with Gasteiger partial charge in [0.05, 0.1) is 11.8 Å². The maximum Gasteiger partial charge on any atom is 0.257 e. The van der Waals surface area contributed by atoms with Gasteiger partial charge in [-0.25, -0.2) is 8.42 Å². The molecule has 1 aliphatic rings. The number of likely N-dealkylation sites (N-methyl/N-ethyl adjacent to an activating group) is 1. The largest absolute Gasteiger partial charge is 0.488 e. The van der Waals surface area contributed by atoms with E-state index in [0.29, 0.717) is 23.5 Å². The monoisotopic (exact) mass is 355 g/mol. The molecular formula is C16H25N3O4S. The van der Waals surface area contributed by atoms with E-state index in [1.54, 1.807) is 24.1 Å². The molecule has 0 saturated carbocycles. The molecule has 1 heterocycles. The SMILES string of the molecule is C[C@@H]1CN(C)C(=O)c2cc(NS(C)(=O)=O)ccc2O[C@@H]1CN(C)C. The fourth-order valence-corrected chi connectivity index (χ4v) is 3.33. The molecule has 134 valence electrons. The molecule has 1 aromatic carbocycles. The molecule has 1 aliphatic heterocycles. The molecule has 0 spiro atoms. The van der Waals surface area contributed by atoms with Crippen molar-refractivity contribution in [2.24, 2.45) is 5.92 Å². The van der Waals surface area contributed by atoms with E-state index in [4.69, 9.17) is 4.74 Å². The summed E-state index contributed by atoms with van der Waals surface area (Å²) in [7, 11) is 2.29. The molecule has 0 unspecified atom stereocenters. The van der Waals surface area contributed by atoms with E-state index in [9.17, 15) is 13.2 Å². The summed E-state index contributed by atoms with van der Waals surface area (Å²) in [6, 6.07) is 4.78. The molecule has 8 heteroatoms. The van der Waals surface area contributed by atoms with Crippen molar-refractivity contribution in [2.75, 3.05) is 45.2 Å². The maximum absolute atomic E-state index is 12.6. The zero-order valence-electron chi connectivity index (χ0n) is 14.7. The van der Waals surface area contributed by atoms with Gasteiger partial charge in [-0.3, -0.25) is 9.52 Å². The molecule has 1 N–H and O–H groups in total. The molecule has 0 radical (unpaired) electrons. The third-order valence-corrected chi connectivity index (χ3v) is 4.49. The van der Waals surface area contributed by atoms with E-state index in [0.717, 1.165) is 12.8 Å². The second kappa shape index (κ2) is 6.98. The Morgan fingerprint density at radius 2 is 2.04 bits per heavy atom. The Bertz CT molecular complexity index is 718. The number of hydrogen-bond donors (Lipinski definition) is 1. The Morgan fingerprint density at radius 1 is 1.38 bits per heavy atom.